The molecule has 2 rings (SSSR count). The predicted molar refractivity (Wildman–Crippen MR) is 49.5 cm³/mol. The van der Waals surface area contributed by atoms with Gasteiger partial charge >= 0.3 is 0 Å². The van der Waals surface area contributed by atoms with Crippen LogP contribution in [0.15, 0.2) is 12.3 Å². The lowest BCUT2D eigenvalue weighted by atomic mass is 10.2. The van der Waals surface area contributed by atoms with Crippen LogP contribution in [0.3, 0.4) is 0 Å². The van der Waals surface area contributed by atoms with Crippen molar-refractivity contribution in [2.45, 2.75) is 18.9 Å². The van der Waals surface area contributed by atoms with Crippen LogP contribution in [0.1, 0.15) is 18.2 Å². The van der Waals surface area contributed by atoms with Crippen LogP contribution in [0.25, 0.3) is 0 Å². The first-order chi connectivity index (χ1) is 6.42. The Kier molecular flexibility index (Phi) is 2.61. The first kappa shape index (κ1) is 8.72. The molecule has 2 N–H and O–H groups in total. The van der Waals surface area contributed by atoms with Crippen LogP contribution >= 0.6 is 0 Å². The van der Waals surface area contributed by atoms with Crippen LogP contribution < -0.4 is 5.73 Å². The van der Waals surface area contributed by atoms with Crippen LogP contribution in [-0.2, 0) is 11.2 Å². The quantitative estimate of drug-likeness (QED) is 0.732. The van der Waals surface area contributed by atoms with Gasteiger partial charge in [0.05, 0.1) is 12.6 Å². The molecule has 1 aliphatic heterocycles. The van der Waals surface area contributed by atoms with Gasteiger partial charge in [0.25, 0.3) is 0 Å². The van der Waals surface area contributed by atoms with E-state index in [4.69, 9.17) is 10.5 Å². The van der Waals surface area contributed by atoms with Crippen LogP contribution in [0, 0.1) is 0 Å². The molecule has 0 saturated carbocycles. The second-order valence-electron chi connectivity index (χ2n) is 3.32. The average molecular weight is 181 g/mol. The van der Waals surface area contributed by atoms with Crippen molar-refractivity contribution in [3.05, 3.63) is 18.0 Å². The van der Waals surface area contributed by atoms with Crippen molar-refractivity contribution in [2.24, 2.45) is 5.73 Å². The minimum Gasteiger partial charge on any atom is -0.379 e. The summed E-state index contributed by atoms with van der Waals surface area (Å²) in [7, 11) is 0. The zero-order valence-corrected chi connectivity index (χ0v) is 7.65. The fraction of sp³-hybridized carbons (Fsp3) is 0.667. The van der Waals surface area contributed by atoms with Crippen LogP contribution in [0.2, 0.25) is 0 Å². The first-order valence-electron chi connectivity index (χ1n) is 4.72. The molecule has 1 atom stereocenters. The lowest BCUT2D eigenvalue weighted by Crippen LogP contribution is -2.15. The summed E-state index contributed by atoms with van der Waals surface area (Å²) in [6.07, 6.45) is 3.80. The highest BCUT2D eigenvalue weighted by molar-refractivity contribution is 5.03. The maximum absolute atomic E-state index is 5.51. The molecule has 0 bridgehead atoms. The summed E-state index contributed by atoms with van der Waals surface area (Å²) in [6.45, 7) is 2.32. The predicted octanol–water partition coefficient (Wildman–Crippen LogP) is 0.346. The monoisotopic (exact) mass is 181 g/mol. The van der Waals surface area contributed by atoms with Gasteiger partial charge in [0.15, 0.2) is 0 Å². The van der Waals surface area contributed by atoms with Crippen molar-refractivity contribution < 1.29 is 4.74 Å². The lowest BCUT2D eigenvalue weighted by molar-refractivity contribution is 0.184. The molecule has 72 valence electrons. The largest absolute Gasteiger partial charge is 0.379 e. The van der Waals surface area contributed by atoms with Crippen molar-refractivity contribution in [2.75, 3.05) is 19.8 Å². The Morgan fingerprint density at radius 3 is 3.31 bits per heavy atom. The van der Waals surface area contributed by atoms with Crippen molar-refractivity contribution >= 4 is 0 Å². The number of hydrogen-bond acceptors (Lipinski definition) is 3. The number of aromatic nitrogens is 2. The summed E-state index contributed by atoms with van der Waals surface area (Å²) in [5.41, 5.74) is 6.74. The van der Waals surface area contributed by atoms with E-state index in [2.05, 4.69) is 9.78 Å². The van der Waals surface area contributed by atoms with Gasteiger partial charge in [-0.3, -0.25) is 4.68 Å². The molecule has 1 saturated heterocycles. The highest BCUT2D eigenvalue weighted by Crippen LogP contribution is 2.19. The topological polar surface area (TPSA) is 53.1 Å². The van der Waals surface area contributed by atoms with E-state index in [1.54, 1.807) is 0 Å². The molecule has 1 aromatic heterocycles. The van der Waals surface area contributed by atoms with E-state index in [-0.39, 0.29) is 0 Å². The molecule has 1 fully saturated rings. The number of hydrogen-bond donors (Lipinski definition) is 1. The maximum Gasteiger partial charge on any atom is 0.0777 e. The molecule has 0 spiro atoms. The third-order valence-corrected chi connectivity index (χ3v) is 2.40. The molecule has 1 aliphatic rings. The highest BCUT2D eigenvalue weighted by Gasteiger charge is 2.19. The number of nitrogens with zero attached hydrogens (tertiary/aromatic N) is 2. The summed E-state index contributed by atoms with van der Waals surface area (Å²) in [4.78, 5) is 0. The average Bonchev–Trinajstić information content (AvgIpc) is 2.71. The van der Waals surface area contributed by atoms with Crippen LogP contribution in [0.4, 0.5) is 0 Å². The summed E-state index contributed by atoms with van der Waals surface area (Å²) in [5.74, 6) is 0. The SMILES string of the molecule is NCCc1ccnn1C1CCOC1. The molecule has 0 aliphatic carbocycles. The zero-order chi connectivity index (χ0) is 9.10. The normalized spacial score (nSPS) is 22.4. The van der Waals surface area contributed by atoms with E-state index in [9.17, 15) is 0 Å². The summed E-state index contributed by atoms with van der Waals surface area (Å²) < 4.78 is 7.38. The minimum absolute atomic E-state index is 0.427. The Morgan fingerprint density at radius 2 is 2.62 bits per heavy atom. The molecule has 1 unspecified atom stereocenters. The van der Waals surface area contributed by atoms with Crippen molar-refractivity contribution in [1.29, 1.82) is 0 Å². The number of ether oxygens (including phenoxy) is 1. The Morgan fingerprint density at radius 1 is 1.69 bits per heavy atom. The third kappa shape index (κ3) is 1.73. The van der Waals surface area contributed by atoms with E-state index in [0.29, 0.717) is 12.6 Å². The van der Waals surface area contributed by atoms with E-state index in [1.165, 1.54) is 5.69 Å². The molecule has 4 nitrogen and oxygen atoms in total. The van der Waals surface area contributed by atoms with E-state index >= 15 is 0 Å². The van der Waals surface area contributed by atoms with Crippen molar-refractivity contribution in [3.63, 3.8) is 0 Å². The molecule has 0 aromatic carbocycles. The van der Waals surface area contributed by atoms with Gasteiger partial charge < -0.3 is 10.5 Å². The van der Waals surface area contributed by atoms with E-state index in [1.807, 2.05) is 12.3 Å². The Balaban J connectivity index is 2.13. The maximum atomic E-state index is 5.51. The van der Waals surface area contributed by atoms with E-state index < -0.39 is 0 Å². The fourth-order valence-corrected chi connectivity index (χ4v) is 1.73. The van der Waals surface area contributed by atoms with Gasteiger partial charge in [-0.15, -0.1) is 0 Å². The number of rotatable bonds is 3. The zero-order valence-electron chi connectivity index (χ0n) is 7.65. The summed E-state index contributed by atoms with van der Waals surface area (Å²) in [6, 6.07) is 2.46. The lowest BCUT2D eigenvalue weighted by Gasteiger charge is -2.11. The van der Waals surface area contributed by atoms with Crippen LogP contribution in [0.5, 0.6) is 0 Å². The Bertz CT molecular complexity index is 266. The third-order valence-electron chi connectivity index (χ3n) is 2.40. The fourth-order valence-electron chi connectivity index (χ4n) is 1.73. The van der Waals surface area contributed by atoms with Gasteiger partial charge in [0.1, 0.15) is 0 Å². The molecule has 0 amide bonds. The van der Waals surface area contributed by atoms with Crippen molar-refractivity contribution in [1.82, 2.24) is 9.78 Å². The number of nitrogens with two attached hydrogens (primary N) is 1. The second-order valence-corrected chi connectivity index (χ2v) is 3.32. The van der Waals surface area contributed by atoms with Crippen molar-refractivity contribution in [3.8, 4) is 0 Å². The van der Waals surface area contributed by atoms with Gasteiger partial charge in [-0.05, 0) is 19.0 Å². The second kappa shape index (κ2) is 3.89. The molecular formula is C9H15N3O. The highest BCUT2D eigenvalue weighted by atomic mass is 16.5. The van der Waals surface area contributed by atoms with Gasteiger partial charge in [0.2, 0.25) is 0 Å². The molecule has 2 heterocycles. The smallest absolute Gasteiger partial charge is 0.0777 e. The Hall–Kier alpha value is -0.870. The standard InChI is InChI=1S/C9H15N3O/c10-4-1-8-2-5-11-12(8)9-3-6-13-7-9/h2,5,9H,1,3-4,6-7,10H2. The minimum atomic E-state index is 0.427. The summed E-state index contributed by atoms with van der Waals surface area (Å²) >= 11 is 0. The van der Waals surface area contributed by atoms with Gasteiger partial charge in [0, 0.05) is 24.9 Å². The van der Waals surface area contributed by atoms with E-state index in [0.717, 1.165) is 26.1 Å². The molecule has 4 heteroatoms. The Labute approximate surface area is 77.7 Å². The molecule has 1 aromatic rings. The molecular weight excluding hydrogens is 166 g/mol. The van der Waals surface area contributed by atoms with Gasteiger partial charge in [-0.25, -0.2) is 0 Å². The molecule has 0 radical (unpaired) electrons. The van der Waals surface area contributed by atoms with Gasteiger partial charge in [-0.1, -0.05) is 0 Å². The van der Waals surface area contributed by atoms with Gasteiger partial charge in [-0.2, -0.15) is 5.10 Å². The molecule has 13 heavy (non-hydrogen) atoms. The summed E-state index contributed by atoms with van der Waals surface area (Å²) in [5, 5.41) is 4.30. The van der Waals surface area contributed by atoms with Crippen LogP contribution in [-0.4, -0.2) is 29.5 Å². The first-order valence-corrected chi connectivity index (χ1v) is 4.72.